The zero-order valence-corrected chi connectivity index (χ0v) is 32.7. The maximum absolute atomic E-state index is 13.8. The van der Waals surface area contributed by atoms with Crippen LogP contribution in [-0.2, 0) is 26.6 Å². The molecule has 0 aliphatic rings. The number of methoxy groups -OCH3 is 2. The van der Waals surface area contributed by atoms with Crippen molar-refractivity contribution in [3.63, 3.8) is 0 Å². The van der Waals surface area contributed by atoms with Crippen LogP contribution >= 0.6 is 0 Å². The lowest BCUT2D eigenvalue weighted by atomic mass is 10.1. The molecule has 0 bridgehead atoms. The number of para-hydroxylation sites is 1. The number of carbonyl (C=O) groups excluding carboxylic acids is 2. The fourth-order valence-corrected chi connectivity index (χ4v) is 7.04. The lowest BCUT2D eigenvalue weighted by Crippen LogP contribution is -2.25. The molecular formula is C46H41N7O6. The monoisotopic (exact) mass is 787 g/mol. The van der Waals surface area contributed by atoms with Gasteiger partial charge in [0.15, 0.2) is 22.7 Å². The lowest BCUT2D eigenvalue weighted by molar-refractivity contribution is 0.0997. The molecule has 13 heteroatoms. The largest absolute Gasteiger partial charge is 0.493 e. The van der Waals surface area contributed by atoms with Crippen molar-refractivity contribution in [2.45, 2.75) is 19.5 Å². The Hall–Kier alpha value is -7.51. The van der Waals surface area contributed by atoms with Crippen LogP contribution < -0.4 is 25.5 Å². The summed E-state index contributed by atoms with van der Waals surface area (Å²) in [5.41, 5.74) is 6.35. The van der Waals surface area contributed by atoms with Crippen LogP contribution in [0.1, 0.15) is 37.6 Å². The molecule has 0 unspecified atom stereocenters. The Morgan fingerprint density at radius 1 is 0.797 bits per heavy atom. The van der Waals surface area contributed by atoms with Crippen LogP contribution in [0.25, 0.3) is 27.6 Å². The van der Waals surface area contributed by atoms with Gasteiger partial charge in [-0.15, -0.1) is 0 Å². The minimum atomic E-state index is -0.711. The van der Waals surface area contributed by atoms with E-state index in [4.69, 9.17) is 13.9 Å². The van der Waals surface area contributed by atoms with Crippen molar-refractivity contribution in [1.82, 2.24) is 24.2 Å². The number of ether oxygens (including phenoxy) is 2. The summed E-state index contributed by atoms with van der Waals surface area (Å²) in [4.78, 5) is 46.5. The molecule has 0 spiro atoms. The van der Waals surface area contributed by atoms with Gasteiger partial charge in [0.2, 0.25) is 0 Å². The first-order valence-electron chi connectivity index (χ1n) is 19.0. The predicted molar refractivity (Wildman–Crippen MR) is 226 cm³/mol. The Morgan fingerprint density at radius 2 is 1.53 bits per heavy atom. The van der Waals surface area contributed by atoms with Crippen LogP contribution in [-0.4, -0.2) is 56.8 Å². The molecule has 3 heterocycles. The van der Waals surface area contributed by atoms with E-state index in [1.807, 2.05) is 53.0 Å². The number of hydrogen-bond donors (Lipinski definition) is 2. The highest BCUT2D eigenvalue weighted by Crippen LogP contribution is 2.34. The molecule has 0 fully saturated rings. The SMILES string of the molecule is COc1cc(NC(=O)c2cc(=O)c3ccccc3o2)c(C(=O)Nc2ccc(CCN(Cc3ccc(-n4ccnc4)cc3)Cc3ccc4c(cnn4C)c3)cc2)cc1OC. The summed E-state index contributed by atoms with van der Waals surface area (Å²) >= 11 is 0. The fourth-order valence-electron chi connectivity index (χ4n) is 7.04. The molecule has 8 aromatic rings. The number of aromatic nitrogens is 4. The molecule has 5 aromatic carbocycles. The third-order valence-corrected chi connectivity index (χ3v) is 10.2. The zero-order valence-electron chi connectivity index (χ0n) is 32.7. The third-order valence-electron chi connectivity index (χ3n) is 10.2. The second kappa shape index (κ2) is 16.9. The van der Waals surface area contributed by atoms with Crippen molar-refractivity contribution in [2.24, 2.45) is 7.05 Å². The van der Waals surface area contributed by atoms with E-state index in [2.05, 4.69) is 68.1 Å². The summed E-state index contributed by atoms with van der Waals surface area (Å²) in [6.45, 7) is 2.28. The van der Waals surface area contributed by atoms with Crippen LogP contribution in [0.5, 0.6) is 11.5 Å². The molecule has 3 aromatic heterocycles. The topological polar surface area (TPSA) is 146 Å². The van der Waals surface area contributed by atoms with Gasteiger partial charge in [0, 0.05) is 68.0 Å². The Kier molecular flexibility index (Phi) is 11.0. The van der Waals surface area contributed by atoms with Gasteiger partial charge < -0.3 is 29.1 Å². The first kappa shape index (κ1) is 38.4. The Labute approximate surface area is 339 Å². The number of anilines is 2. The number of hydrogen-bond acceptors (Lipinski definition) is 9. The number of carbonyl (C=O) groups is 2. The Bertz CT molecular complexity index is 2830. The molecule has 0 aliphatic heterocycles. The summed E-state index contributed by atoms with van der Waals surface area (Å²) in [5, 5.41) is 11.5. The Morgan fingerprint density at radius 3 is 2.29 bits per heavy atom. The predicted octanol–water partition coefficient (Wildman–Crippen LogP) is 7.63. The molecule has 2 N–H and O–H groups in total. The Balaban J connectivity index is 0.973. The number of amides is 2. The van der Waals surface area contributed by atoms with E-state index in [0.29, 0.717) is 22.6 Å². The number of nitrogens with one attached hydrogen (secondary N) is 2. The number of fused-ring (bicyclic) bond motifs is 2. The average molecular weight is 788 g/mol. The van der Waals surface area contributed by atoms with E-state index in [1.54, 1.807) is 36.8 Å². The van der Waals surface area contributed by atoms with Crippen molar-refractivity contribution < 1.29 is 23.5 Å². The van der Waals surface area contributed by atoms with E-state index >= 15 is 0 Å². The number of nitrogens with zero attached hydrogens (tertiary/aromatic N) is 5. The highest BCUT2D eigenvalue weighted by atomic mass is 16.5. The first-order chi connectivity index (χ1) is 28.7. The maximum atomic E-state index is 13.8. The summed E-state index contributed by atoms with van der Waals surface area (Å²) in [6, 6.07) is 33.4. The van der Waals surface area contributed by atoms with Gasteiger partial charge >= 0.3 is 0 Å². The second-order valence-electron chi connectivity index (χ2n) is 14.1. The molecule has 0 saturated carbocycles. The first-order valence-corrected chi connectivity index (χ1v) is 19.0. The molecule has 0 aliphatic carbocycles. The number of aryl methyl sites for hydroxylation is 1. The van der Waals surface area contributed by atoms with Gasteiger partial charge in [-0.3, -0.25) is 24.0 Å². The molecule has 296 valence electrons. The van der Waals surface area contributed by atoms with E-state index in [1.165, 1.54) is 37.5 Å². The standard InChI is InChI=1S/C46H41N7O6/c1-51-39-17-12-32(22-33(39)26-48-51)28-52(27-31-10-15-35(16-11-31)53-21-19-47-29-53)20-18-30-8-13-34(14-9-30)49-45(55)37-23-42(57-2)43(58-3)24-38(37)50-46(56)44-25-40(54)36-6-4-5-7-41(36)59-44/h4-17,19,21-26,29H,18,20,27-28H2,1-3H3,(H,49,55)(H,50,56). The molecule has 0 atom stereocenters. The minimum absolute atomic E-state index is 0.112. The molecule has 0 radical (unpaired) electrons. The van der Waals surface area contributed by atoms with Crippen LogP contribution in [0.15, 0.2) is 143 Å². The van der Waals surface area contributed by atoms with Gasteiger partial charge in [0.25, 0.3) is 11.8 Å². The van der Waals surface area contributed by atoms with Gasteiger partial charge in [-0.05, 0) is 77.7 Å². The smallest absolute Gasteiger partial charge is 0.291 e. The quantitative estimate of drug-likeness (QED) is 0.114. The number of rotatable bonds is 14. The number of imidazole rings is 1. The molecule has 0 saturated heterocycles. The summed E-state index contributed by atoms with van der Waals surface area (Å²) < 4.78 is 20.5. The van der Waals surface area contributed by atoms with Gasteiger partial charge in [0.05, 0.1) is 48.9 Å². The third kappa shape index (κ3) is 8.60. The van der Waals surface area contributed by atoms with Crippen LogP contribution in [0.4, 0.5) is 11.4 Å². The molecule has 59 heavy (non-hydrogen) atoms. The lowest BCUT2D eigenvalue weighted by Gasteiger charge is -2.23. The summed E-state index contributed by atoms with van der Waals surface area (Å²) in [7, 11) is 4.86. The molecular weight excluding hydrogens is 747 g/mol. The average Bonchev–Trinajstić information content (AvgIpc) is 3.93. The van der Waals surface area contributed by atoms with Crippen molar-refractivity contribution in [2.75, 3.05) is 31.4 Å². The second-order valence-corrected chi connectivity index (χ2v) is 14.1. The van der Waals surface area contributed by atoms with E-state index < -0.39 is 11.8 Å². The van der Waals surface area contributed by atoms with Gasteiger partial charge in [-0.25, -0.2) is 4.98 Å². The molecule has 2 amide bonds. The number of benzene rings is 5. The van der Waals surface area contributed by atoms with Crippen LogP contribution in [0.2, 0.25) is 0 Å². The summed E-state index contributed by atoms with van der Waals surface area (Å²) in [5.74, 6) is -0.826. The van der Waals surface area contributed by atoms with E-state index in [0.717, 1.165) is 54.3 Å². The highest BCUT2D eigenvalue weighted by Gasteiger charge is 2.21. The van der Waals surface area contributed by atoms with E-state index in [-0.39, 0.29) is 28.0 Å². The maximum Gasteiger partial charge on any atom is 0.291 e. The molecule has 13 nitrogen and oxygen atoms in total. The molecule has 8 rings (SSSR count). The van der Waals surface area contributed by atoms with Crippen LogP contribution in [0.3, 0.4) is 0 Å². The fraction of sp³-hybridized carbons (Fsp3) is 0.152. The zero-order chi connectivity index (χ0) is 40.9. The van der Waals surface area contributed by atoms with E-state index in [9.17, 15) is 14.4 Å². The normalized spacial score (nSPS) is 11.3. The van der Waals surface area contributed by atoms with Gasteiger partial charge in [-0.1, -0.05) is 42.5 Å². The summed E-state index contributed by atoms with van der Waals surface area (Å²) in [6.07, 6.45) is 8.15. The van der Waals surface area contributed by atoms with Crippen LogP contribution in [0, 0.1) is 0 Å². The van der Waals surface area contributed by atoms with Crippen molar-refractivity contribution in [1.29, 1.82) is 0 Å². The van der Waals surface area contributed by atoms with Crippen molar-refractivity contribution >= 4 is 45.1 Å². The van der Waals surface area contributed by atoms with Crippen molar-refractivity contribution in [3.8, 4) is 17.2 Å². The van der Waals surface area contributed by atoms with Gasteiger partial charge in [0.1, 0.15) is 5.58 Å². The minimum Gasteiger partial charge on any atom is -0.493 e. The highest BCUT2D eigenvalue weighted by molar-refractivity contribution is 6.12. The van der Waals surface area contributed by atoms with Crippen molar-refractivity contribution in [3.05, 3.63) is 172 Å². The van der Waals surface area contributed by atoms with Gasteiger partial charge in [-0.2, -0.15) is 5.10 Å².